The molecule has 5 nitrogen and oxygen atoms in total. The van der Waals surface area contributed by atoms with Crippen molar-refractivity contribution >= 4 is 40.2 Å². The van der Waals surface area contributed by atoms with Gasteiger partial charge in [0.2, 0.25) is 0 Å². The van der Waals surface area contributed by atoms with E-state index in [-0.39, 0.29) is 11.4 Å². The Morgan fingerprint density at radius 1 is 1.06 bits per heavy atom. The maximum atomic E-state index is 13.3. The number of carboxylic acid groups (broad SMARTS) is 1. The summed E-state index contributed by atoms with van der Waals surface area (Å²) in [6, 6.07) is 18.7. The molecule has 8 heteroatoms. The summed E-state index contributed by atoms with van der Waals surface area (Å²) < 4.78 is 17.1. The van der Waals surface area contributed by atoms with E-state index in [4.69, 9.17) is 11.6 Å². The van der Waals surface area contributed by atoms with Gasteiger partial charge in [0.25, 0.3) is 0 Å². The monoisotopic (exact) mass is 477 g/mol. The van der Waals surface area contributed by atoms with E-state index in [1.165, 1.54) is 23.9 Å². The Hall–Kier alpha value is -3.55. The number of carbonyl (C=O) groups is 1. The fourth-order valence-corrected chi connectivity index (χ4v) is 5.05. The van der Waals surface area contributed by atoms with Crippen LogP contribution in [0.2, 0.25) is 5.02 Å². The van der Waals surface area contributed by atoms with Crippen molar-refractivity contribution in [2.75, 3.05) is 0 Å². The van der Waals surface area contributed by atoms with Crippen LogP contribution in [0.25, 0.3) is 22.3 Å². The normalized spacial score (nSPS) is 11.2. The number of nitrogens with zero attached hydrogens (tertiary/aromatic N) is 3. The second-order valence-corrected chi connectivity index (χ2v) is 8.99. The minimum atomic E-state index is -0.961. The molecule has 0 fully saturated rings. The number of hydrogen-bond acceptors (Lipinski definition) is 3. The SMILES string of the molecule is Cc1c(Sc2cccc(C(=O)O)c2)c2ccc(Cl)cc2n1-c1cnn(-c2ccc(F)cc2)c1. The number of halogens is 2. The molecule has 0 aliphatic heterocycles. The first-order chi connectivity index (χ1) is 15.9. The van der Waals surface area contributed by atoms with Crippen LogP contribution < -0.4 is 0 Å². The lowest BCUT2D eigenvalue weighted by Gasteiger charge is -2.07. The molecule has 2 heterocycles. The standard InChI is InChI=1S/C25H17ClFN3O2S/c1-15-24(33-21-4-2-3-16(11-21)25(31)32)22-10-5-17(26)12-23(22)30(15)20-13-28-29(14-20)19-8-6-18(27)7-9-19/h2-14H,1H3,(H,31,32). The van der Waals surface area contributed by atoms with Crippen molar-refractivity contribution < 1.29 is 14.3 Å². The highest BCUT2D eigenvalue weighted by atomic mass is 35.5. The first-order valence-corrected chi connectivity index (χ1v) is 11.2. The van der Waals surface area contributed by atoms with E-state index in [0.29, 0.717) is 5.02 Å². The van der Waals surface area contributed by atoms with Gasteiger partial charge in [-0.2, -0.15) is 5.10 Å². The van der Waals surface area contributed by atoms with Gasteiger partial charge in [-0.3, -0.25) is 0 Å². The van der Waals surface area contributed by atoms with Crippen LogP contribution in [0.5, 0.6) is 0 Å². The molecule has 0 spiro atoms. The van der Waals surface area contributed by atoms with E-state index in [2.05, 4.69) is 9.67 Å². The third kappa shape index (κ3) is 4.01. The van der Waals surface area contributed by atoms with Crippen LogP contribution in [0.3, 0.4) is 0 Å². The minimum Gasteiger partial charge on any atom is -0.478 e. The Kier molecular flexibility index (Phi) is 5.44. The number of aromatic nitrogens is 3. The van der Waals surface area contributed by atoms with E-state index in [9.17, 15) is 14.3 Å². The van der Waals surface area contributed by atoms with E-state index in [1.54, 1.807) is 41.2 Å². The lowest BCUT2D eigenvalue weighted by molar-refractivity contribution is 0.0696. The summed E-state index contributed by atoms with van der Waals surface area (Å²) in [7, 11) is 0. The second kappa shape index (κ2) is 8.42. The summed E-state index contributed by atoms with van der Waals surface area (Å²) in [4.78, 5) is 13.2. The quantitative estimate of drug-likeness (QED) is 0.303. The van der Waals surface area contributed by atoms with Gasteiger partial charge < -0.3 is 9.67 Å². The number of aromatic carboxylic acids is 1. The summed E-state index contributed by atoms with van der Waals surface area (Å²) in [5, 5.41) is 15.4. The van der Waals surface area contributed by atoms with Crippen molar-refractivity contribution in [1.82, 2.24) is 14.3 Å². The molecule has 0 saturated carbocycles. The summed E-state index contributed by atoms with van der Waals surface area (Å²) in [6.07, 6.45) is 3.62. The van der Waals surface area contributed by atoms with E-state index in [0.717, 1.165) is 37.8 Å². The van der Waals surface area contributed by atoms with Gasteiger partial charge in [-0.05, 0) is 61.5 Å². The smallest absolute Gasteiger partial charge is 0.335 e. The van der Waals surface area contributed by atoms with Gasteiger partial charge in [0.1, 0.15) is 5.82 Å². The molecule has 1 N–H and O–H groups in total. The average Bonchev–Trinajstić information content (AvgIpc) is 3.37. The lowest BCUT2D eigenvalue weighted by atomic mass is 10.2. The Labute approximate surface area is 198 Å². The number of benzene rings is 3. The fourth-order valence-electron chi connectivity index (χ4n) is 3.79. The zero-order valence-corrected chi connectivity index (χ0v) is 18.9. The summed E-state index contributed by atoms with van der Waals surface area (Å²) in [6.45, 7) is 2.01. The van der Waals surface area contributed by atoms with E-state index >= 15 is 0 Å². The zero-order valence-electron chi connectivity index (χ0n) is 17.4. The molecule has 0 bridgehead atoms. The molecule has 5 aromatic rings. The summed E-state index contributed by atoms with van der Waals surface area (Å²) >= 11 is 7.83. The molecular weight excluding hydrogens is 461 g/mol. The first kappa shape index (κ1) is 21.3. The van der Waals surface area contributed by atoms with Crippen molar-refractivity contribution in [2.45, 2.75) is 16.7 Å². The molecule has 0 aliphatic carbocycles. The van der Waals surface area contributed by atoms with Crippen LogP contribution in [0.15, 0.2) is 88.9 Å². The predicted molar refractivity (Wildman–Crippen MR) is 128 cm³/mol. The molecule has 0 amide bonds. The van der Waals surface area contributed by atoms with Crippen LogP contribution in [0, 0.1) is 12.7 Å². The van der Waals surface area contributed by atoms with Crippen LogP contribution in [0.4, 0.5) is 4.39 Å². The molecule has 0 saturated heterocycles. The Morgan fingerprint density at radius 3 is 2.61 bits per heavy atom. The molecular formula is C25H17ClFN3O2S. The number of rotatable bonds is 5. The topological polar surface area (TPSA) is 60.0 Å². The van der Waals surface area contributed by atoms with E-state index in [1.807, 2.05) is 37.4 Å². The lowest BCUT2D eigenvalue weighted by Crippen LogP contribution is -1.97. The number of fused-ring (bicyclic) bond motifs is 1. The second-order valence-electron chi connectivity index (χ2n) is 7.47. The molecule has 5 rings (SSSR count). The molecule has 0 unspecified atom stereocenters. The summed E-state index contributed by atoms with van der Waals surface area (Å²) in [5.74, 6) is -1.27. The maximum Gasteiger partial charge on any atom is 0.335 e. The largest absolute Gasteiger partial charge is 0.478 e. The number of carboxylic acids is 1. The Bertz CT molecular complexity index is 1510. The van der Waals surface area contributed by atoms with Gasteiger partial charge in [-0.25, -0.2) is 13.9 Å². The molecule has 3 aromatic carbocycles. The molecule has 0 aliphatic rings. The Balaban J connectivity index is 1.63. The third-order valence-corrected chi connectivity index (χ3v) is 6.77. The molecule has 33 heavy (non-hydrogen) atoms. The summed E-state index contributed by atoms with van der Waals surface area (Å²) in [5.41, 5.74) is 3.70. The van der Waals surface area contributed by atoms with Crippen molar-refractivity contribution in [3.8, 4) is 11.4 Å². The molecule has 0 radical (unpaired) electrons. The van der Waals surface area contributed by atoms with E-state index < -0.39 is 5.97 Å². The van der Waals surface area contributed by atoms with Crippen LogP contribution in [-0.4, -0.2) is 25.4 Å². The van der Waals surface area contributed by atoms with Gasteiger partial charge in [-0.1, -0.05) is 35.5 Å². The van der Waals surface area contributed by atoms with Gasteiger partial charge >= 0.3 is 5.97 Å². The fraction of sp³-hybridized carbons (Fsp3) is 0.0400. The van der Waals surface area contributed by atoms with Crippen molar-refractivity contribution in [3.05, 3.63) is 101 Å². The highest BCUT2D eigenvalue weighted by Gasteiger charge is 2.18. The zero-order chi connectivity index (χ0) is 23.1. The van der Waals surface area contributed by atoms with Gasteiger partial charge in [0.05, 0.1) is 34.8 Å². The van der Waals surface area contributed by atoms with Crippen LogP contribution in [-0.2, 0) is 0 Å². The molecule has 164 valence electrons. The maximum absolute atomic E-state index is 13.3. The van der Waals surface area contributed by atoms with Crippen molar-refractivity contribution in [1.29, 1.82) is 0 Å². The number of hydrogen-bond donors (Lipinski definition) is 1. The Morgan fingerprint density at radius 2 is 1.85 bits per heavy atom. The predicted octanol–water partition coefficient (Wildman–Crippen LogP) is 6.77. The van der Waals surface area contributed by atoms with Crippen molar-refractivity contribution in [3.63, 3.8) is 0 Å². The minimum absolute atomic E-state index is 0.241. The highest BCUT2D eigenvalue weighted by Crippen LogP contribution is 2.40. The van der Waals surface area contributed by atoms with Crippen LogP contribution in [0.1, 0.15) is 16.1 Å². The van der Waals surface area contributed by atoms with Gasteiger partial charge in [0, 0.05) is 25.9 Å². The van der Waals surface area contributed by atoms with Gasteiger partial charge in [-0.15, -0.1) is 0 Å². The van der Waals surface area contributed by atoms with Crippen molar-refractivity contribution in [2.24, 2.45) is 0 Å². The molecule has 2 aromatic heterocycles. The van der Waals surface area contributed by atoms with Gasteiger partial charge in [0.15, 0.2) is 0 Å². The van der Waals surface area contributed by atoms with Crippen LogP contribution >= 0.6 is 23.4 Å². The molecule has 0 atom stereocenters. The highest BCUT2D eigenvalue weighted by molar-refractivity contribution is 7.99. The average molecular weight is 478 g/mol. The third-order valence-electron chi connectivity index (χ3n) is 5.33. The first-order valence-electron chi connectivity index (χ1n) is 10.0.